The number of fused-ring (bicyclic) bond motifs is 5. The van der Waals surface area contributed by atoms with Crippen molar-refractivity contribution < 1.29 is 9.90 Å². The fourth-order valence-electron chi connectivity index (χ4n) is 9.54. The molecule has 4 aliphatic rings. The van der Waals surface area contributed by atoms with Crippen LogP contribution in [-0.2, 0) is 4.79 Å². The molecule has 10 atom stereocenters. The monoisotopic (exact) mass is 402 g/mol. The second-order valence-electron chi connectivity index (χ2n) is 12.3. The van der Waals surface area contributed by atoms with Gasteiger partial charge in [-0.15, -0.1) is 0 Å². The molecular formula is C27H46O2. The lowest BCUT2D eigenvalue weighted by atomic mass is 9.42. The summed E-state index contributed by atoms with van der Waals surface area (Å²) in [5, 5.41) is 10.4. The molecule has 29 heavy (non-hydrogen) atoms. The van der Waals surface area contributed by atoms with E-state index < -0.39 is 0 Å². The predicted molar refractivity (Wildman–Crippen MR) is 119 cm³/mol. The third-order valence-corrected chi connectivity index (χ3v) is 11.1. The molecule has 4 rings (SSSR count). The summed E-state index contributed by atoms with van der Waals surface area (Å²) >= 11 is 0. The van der Waals surface area contributed by atoms with Crippen molar-refractivity contribution in [3.63, 3.8) is 0 Å². The van der Waals surface area contributed by atoms with E-state index in [0.29, 0.717) is 22.5 Å². The molecule has 0 saturated heterocycles. The number of ketones is 1. The number of aliphatic hydroxyl groups is 1. The molecule has 0 amide bonds. The van der Waals surface area contributed by atoms with E-state index in [1.54, 1.807) is 6.92 Å². The first-order chi connectivity index (χ1) is 13.7. The van der Waals surface area contributed by atoms with Gasteiger partial charge in [0.15, 0.2) is 0 Å². The Hall–Kier alpha value is -0.370. The molecule has 2 heteroatoms. The average molecular weight is 403 g/mol. The lowest BCUT2D eigenvalue weighted by Crippen LogP contribution is -2.56. The Morgan fingerprint density at radius 2 is 1.69 bits per heavy atom. The van der Waals surface area contributed by atoms with Crippen molar-refractivity contribution in [1.82, 2.24) is 0 Å². The van der Waals surface area contributed by atoms with Gasteiger partial charge < -0.3 is 9.90 Å². The van der Waals surface area contributed by atoms with Gasteiger partial charge in [0, 0.05) is 6.42 Å². The number of Topliss-reactive ketones (excluding diaryl/α,β-unsaturated/α-hetero) is 1. The van der Waals surface area contributed by atoms with Crippen LogP contribution < -0.4 is 0 Å². The van der Waals surface area contributed by atoms with Crippen molar-refractivity contribution in [1.29, 1.82) is 0 Å². The number of carbonyl (C=O) groups excluding carboxylic acids is 1. The third-order valence-electron chi connectivity index (χ3n) is 11.1. The summed E-state index contributed by atoms with van der Waals surface area (Å²) < 4.78 is 0. The molecule has 1 N–H and O–H groups in total. The smallest absolute Gasteiger partial charge is 0.129 e. The maximum atomic E-state index is 11.6. The molecule has 0 radical (unpaired) electrons. The minimum Gasteiger partial charge on any atom is -0.393 e. The highest BCUT2D eigenvalue weighted by Crippen LogP contribution is 2.69. The first-order valence-corrected chi connectivity index (χ1v) is 12.9. The van der Waals surface area contributed by atoms with Crippen LogP contribution in [0.25, 0.3) is 0 Å². The molecule has 166 valence electrons. The Kier molecular flexibility index (Phi) is 5.99. The molecule has 4 saturated carbocycles. The van der Waals surface area contributed by atoms with Crippen LogP contribution in [0.15, 0.2) is 0 Å². The molecule has 0 spiro atoms. The van der Waals surface area contributed by atoms with Crippen LogP contribution in [0.2, 0.25) is 0 Å². The van der Waals surface area contributed by atoms with Crippen molar-refractivity contribution in [2.45, 2.75) is 111 Å². The van der Waals surface area contributed by atoms with Crippen molar-refractivity contribution in [2.75, 3.05) is 0 Å². The summed E-state index contributed by atoms with van der Waals surface area (Å²) in [6.45, 7) is 11.8. The minimum atomic E-state index is -0.0504. The number of carbonyl (C=O) groups is 1. The normalized spacial score (nSPS) is 50.3. The zero-order valence-electron chi connectivity index (χ0n) is 19.8. The first kappa shape index (κ1) is 21.8. The van der Waals surface area contributed by atoms with Crippen LogP contribution >= 0.6 is 0 Å². The molecule has 0 aliphatic heterocycles. The maximum Gasteiger partial charge on any atom is 0.129 e. The van der Waals surface area contributed by atoms with Gasteiger partial charge >= 0.3 is 0 Å². The van der Waals surface area contributed by atoms with Crippen molar-refractivity contribution >= 4 is 5.78 Å². The molecule has 0 aromatic heterocycles. The van der Waals surface area contributed by atoms with Gasteiger partial charge in [-0.2, -0.15) is 0 Å². The zero-order chi connectivity index (χ0) is 21.0. The quantitative estimate of drug-likeness (QED) is 0.559. The second-order valence-corrected chi connectivity index (χ2v) is 12.3. The average Bonchev–Trinajstić information content (AvgIpc) is 3.03. The molecule has 0 heterocycles. The van der Waals surface area contributed by atoms with Crippen LogP contribution in [0, 0.1) is 52.3 Å². The van der Waals surface area contributed by atoms with E-state index in [9.17, 15) is 9.90 Å². The van der Waals surface area contributed by atoms with E-state index in [1.165, 1.54) is 44.9 Å². The summed E-state index contributed by atoms with van der Waals surface area (Å²) in [5.74, 6) is 6.09. The Morgan fingerprint density at radius 1 is 1.00 bits per heavy atom. The summed E-state index contributed by atoms with van der Waals surface area (Å²) in [5.41, 5.74) is 0.954. The largest absolute Gasteiger partial charge is 0.393 e. The molecule has 0 aromatic rings. The van der Waals surface area contributed by atoms with Crippen LogP contribution in [0.1, 0.15) is 105 Å². The second kappa shape index (κ2) is 7.95. The Bertz CT molecular complexity index is 614. The number of rotatable bonds is 5. The number of aliphatic hydroxyl groups excluding tert-OH is 1. The van der Waals surface area contributed by atoms with E-state index >= 15 is 0 Å². The highest BCUT2D eigenvalue weighted by atomic mass is 16.3. The maximum absolute atomic E-state index is 11.6. The van der Waals surface area contributed by atoms with Crippen molar-refractivity contribution in [3.8, 4) is 0 Å². The molecular weight excluding hydrogens is 356 g/mol. The van der Waals surface area contributed by atoms with Gasteiger partial charge in [0.1, 0.15) is 5.78 Å². The van der Waals surface area contributed by atoms with Crippen LogP contribution in [-0.4, -0.2) is 17.0 Å². The van der Waals surface area contributed by atoms with Gasteiger partial charge in [-0.3, -0.25) is 0 Å². The Labute approximate surface area is 179 Å². The summed E-state index contributed by atoms with van der Waals surface area (Å²) in [6.07, 6.45) is 13.5. The minimum absolute atomic E-state index is 0.0504. The first-order valence-electron chi connectivity index (χ1n) is 12.9. The third kappa shape index (κ3) is 3.54. The molecule has 2 nitrogen and oxygen atoms in total. The van der Waals surface area contributed by atoms with Gasteiger partial charge in [-0.1, -0.05) is 34.1 Å². The highest BCUT2D eigenvalue weighted by molar-refractivity contribution is 5.75. The lowest BCUT2D eigenvalue weighted by Gasteiger charge is -2.63. The standard InChI is InChI=1S/C27H46O2/c1-6-19-15-21-23-10-9-22(17(2)7-8-18(3)28)26(23,4)14-12-24(21)27(5)13-11-20(29)16-25(19)27/h17,19-25,29H,6-16H2,1-5H3/t17-,19+,20-,21?,22-,23?,24?,25?,26-,27-/m1/s1. The lowest BCUT2D eigenvalue weighted by molar-refractivity contribution is -0.152. The predicted octanol–water partition coefficient (Wildman–Crippen LogP) is 6.65. The SMILES string of the molecule is CC[C@H]1CC2C(CC[C@@]3(C)C2CC[C@@H]3[C@H](C)CCC(C)=O)[C@@]2(C)CC[C@@H](O)CC12. The van der Waals surface area contributed by atoms with Gasteiger partial charge in [-0.25, -0.2) is 0 Å². The molecule has 4 unspecified atom stereocenters. The van der Waals surface area contributed by atoms with Crippen LogP contribution in [0.3, 0.4) is 0 Å². The fourth-order valence-corrected chi connectivity index (χ4v) is 9.54. The fraction of sp³-hybridized carbons (Fsp3) is 0.963. The van der Waals surface area contributed by atoms with Gasteiger partial charge in [-0.05, 0) is 117 Å². The summed E-state index contributed by atoms with van der Waals surface area (Å²) in [7, 11) is 0. The van der Waals surface area contributed by atoms with E-state index in [2.05, 4.69) is 27.7 Å². The van der Waals surface area contributed by atoms with E-state index in [4.69, 9.17) is 0 Å². The Morgan fingerprint density at radius 3 is 2.38 bits per heavy atom. The van der Waals surface area contributed by atoms with Crippen LogP contribution in [0.4, 0.5) is 0 Å². The zero-order valence-corrected chi connectivity index (χ0v) is 19.8. The number of hydrogen-bond acceptors (Lipinski definition) is 2. The van der Waals surface area contributed by atoms with E-state index in [1.807, 2.05) is 0 Å². The van der Waals surface area contributed by atoms with Gasteiger partial charge in [0.25, 0.3) is 0 Å². The van der Waals surface area contributed by atoms with E-state index in [-0.39, 0.29) is 6.10 Å². The molecule has 0 aromatic carbocycles. The summed E-state index contributed by atoms with van der Waals surface area (Å²) in [6, 6.07) is 0. The molecule has 0 bridgehead atoms. The highest BCUT2D eigenvalue weighted by Gasteiger charge is 2.62. The topological polar surface area (TPSA) is 37.3 Å². The molecule has 4 fully saturated rings. The van der Waals surface area contributed by atoms with Gasteiger partial charge in [0.05, 0.1) is 6.10 Å². The van der Waals surface area contributed by atoms with Crippen molar-refractivity contribution in [3.05, 3.63) is 0 Å². The Balaban J connectivity index is 1.57. The van der Waals surface area contributed by atoms with E-state index in [0.717, 1.165) is 61.2 Å². The van der Waals surface area contributed by atoms with Crippen LogP contribution in [0.5, 0.6) is 0 Å². The summed E-state index contributed by atoms with van der Waals surface area (Å²) in [4.78, 5) is 11.6. The van der Waals surface area contributed by atoms with Gasteiger partial charge in [0.2, 0.25) is 0 Å². The van der Waals surface area contributed by atoms with Crippen molar-refractivity contribution in [2.24, 2.45) is 52.3 Å². The number of hydrogen-bond donors (Lipinski definition) is 1. The molecule has 4 aliphatic carbocycles.